The number of morpholine rings is 1. The quantitative estimate of drug-likeness (QED) is 0.658. The Morgan fingerprint density at radius 1 is 1.05 bits per heavy atom. The van der Waals surface area contributed by atoms with Crippen LogP contribution in [0.15, 0.2) is 23.5 Å². The first-order valence-electron chi connectivity index (χ1n) is 7.61. The van der Waals surface area contributed by atoms with Gasteiger partial charge in [-0.05, 0) is 32.8 Å². The van der Waals surface area contributed by atoms with E-state index in [-0.39, 0.29) is 0 Å². The summed E-state index contributed by atoms with van der Waals surface area (Å²) in [6.07, 6.45) is 6.89. The number of ether oxygens (including phenoxy) is 1. The predicted molar refractivity (Wildman–Crippen MR) is 82.1 cm³/mol. The van der Waals surface area contributed by atoms with Crippen molar-refractivity contribution >= 4 is 0 Å². The van der Waals surface area contributed by atoms with Crippen LogP contribution >= 0.6 is 0 Å². The minimum atomic E-state index is 0.845. The van der Waals surface area contributed by atoms with Crippen molar-refractivity contribution in [3.05, 3.63) is 23.5 Å². The van der Waals surface area contributed by atoms with Crippen molar-refractivity contribution < 1.29 is 4.74 Å². The lowest BCUT2D eigenvalue weighted by Gasteiger charge is -2.38. The van der Waals surface area contributed by atoms with Crippen LogP contribution in [0.5, 0.6) is 0 Å². The van der Waals surface area contributed by atoms with E-state index in [2.05, 4.69) is 49.6 Å². The van der Waals surface area contributed by atoms with Crippen LogP contribution in [0.3, 0.4) is 0 Å². The van der Waals surface area contributed by atoms with Gasteiger partial charge in [0.05, 0.1) is 13.2 Å². The highest BCUT2D eigenvalue weighted by molar-refractivity contribution is 5.15. The Labute approximate surface area is 118 Å². The third-order valence-corrected chi connectivity index (χ3v) is 3.21. The Morgan fingerprint density at radius 2 is 1.63 bits per heavy atom. The zero-order valence-corrected chi connectivity index (χ0v) is 13.1. The Balaban J connectivity index is 2.87. The van der Waals surface area contributed by atoms with Crippen molar-refractivity contribution in [3.8, 4) is 0 Å². The molecule has 0 atom stereocenters. The molecule has 1 heterocycles. The summed E-state index contributed by atoms with van der Waals surface area (Å²) in [6, 6.07) is 0. The molecular formula is C16H30N2O. The second-order valence-electron chi connectivity index (χ2n) is 5.36. The fraction of sp³-hybridized carbons (Fsp3) is 0.750. The van der Waals surface area contributed by atoms with Crippen LogP contribution in [0.4, 0.5) is 0 Å². The SMILES string of the molecule is CCCN(CCC)/C(=C/C=C(C)C)N1CCOCC1. The van der Waals surface area contributed by atoms with E-state index in [1.807, 2.05) is 0 Å². The molecule has 0 unspecified atom stereocenters. The Morgan fingerprint density at radius 3 is 2.11 bits per heavy atom. The minimum Gasteiger partial charge on any atom is -0.378 e. The first-order chi connectivity index (χ1) is 9.19. The van der Waals surface area contributed by atoms with Crippen LogP contribution in [0, 0.1) is 0 Å². The number of hydrogen-bond donors (Lipinski definition) is 0. The van der Waals surface area contributed by atoms with Gasteiger partial charge in [0.25, 0.3) is 0 Å². The molecule has 0 aromatic heterocycles. The molecular weight excluding hydrogens is 236 g/mol. The fourth-order valence-electron chi connectivity index (χ4n) is 2.33. The third-order valence-electron chi connectivity index (χ3n) is 3.21. The molecule has 3 heteroatoms. The Bertz CT molecular complexity index is 294. The van der Waals surface area contributed by atoms with E-state index in [0.717, 1.165) is 39.4 Å². The standard InChI is InChI=1S/C16H30N2O/c1-5-9-17(10-6-2)16(8-7-15(3)4)18-11-13-19-14-12-18/h7-8H,5-6,9-14H2,1-4H3/b16-8-. The number of nitrogens with zero attached hydrogens (tertiary/aromatic N) is 2. The van der Waals surface area contributed by atoms with Gasteiger partial charge >= 0.3 is 0 Å². The molecule has 19 heavy (non-hydrogen) atoms. The number of rotatable bonds is 7. The molecule has 0 N–H and O–H groups in total. The van der Waals surface area contributed by atoms with E-state index in [1.54, 1.807) is 0 Å². The molecule has 3 nitrogen and oxygen atoms in total. The summed E-state index contributed by atoms with van der Waals surface area (Å²) in [5.41, 5.74) is 1.35. The molecule has 1 aliphatic heterocycles. The summed E-state index contributed by atoms with van der Waals surface area (Å²) in [6.45, 7) is 14.8. The van der Waals surface area contributed by atoms with Gasteiger partial charge in [-0.15, -0.1) is 0 Å². The summed E-state index contributed by atoms with van der Waals surface area (Å²) in [7, 11) is 0. The predicted octanol–water partition coefficient (Wildman–Crippen LogP) is 3.25. The van der Waals surface area contributed by atoms with Gasteiger partial charge in [0, 0.05) is 26.2 Å². The van der Waals surface area contributed by atoms with E-state index < -0.39 is 0 Å². The number of allylic oxidation sites excluding steroid dienone is 3. The van der Waals surface area contributed by atoms with Gasteiger partial charge in [-0.25, -0.2) is 0 Å². The molecule has 1 fully saturated rings. The van der Waals surface area contributed by atoms with Crippen LogP contribution < -0.4 is 0 Å². The summed E-state index contributed by atoms with van der Waals surface area (Å²) in [4.78, 5) is 4.99. The van der Waals surface area contributed by atoms with Crippen LogP contribution in [-0.2, 0) is 4.74 Å². The Hall–Kier alpha value is -0.960. The van der Waals surface area contributed by atoms with Crippen LogP contribution in [0.25, 0.3) is 0 Å². The lowest BCUT2D eigenvalue weighted by Crippen LogP contribution is -2.42. The average Bonchev–Trinajstić information content (AvgIpc) is 2.40. The van der Waals surface area contributed by atoms with E-state index in [0.29, 0.717) is 0 Å². The van der Waals surface area contributed by atoms with Crippen molar-refractivity contribution in [1.82, 2.24) is 9.80 Å². The highest BCUT2D eigenvalue weighted by atomic mass is 16.5. The monoisotopic (exact) mass is 266 g/mol. The summed E-state index contributed by atoms with van der Waals surface area (Å²) < 4.78 is 5.47. The lowest BCUT2D eigenvalue weighted by atomic mass is 10.2. The lowest BCUT2D eigenvalue weighted by molar-refractivity contribution is 0.0375. The maximum absolute atomic E-state index is 5.47. The average molecular weight is 266 g/mol. The van der Waals surface area contributed by atoms with Gasteiger partial charge in [0.15, 0.2) is 0 Å². The normalized spacial score (nSPS) is 16.4. The molecule has 0 aromatic rings. The molecule has 0 aliphatic carbocycles. The topological polar surface area (TPSA) is 15.7 Å². The largest absolute Gasteiger partial charge is 0.378 e. The van der Waals surface area contributed by atoms with Gasteiger partial charge in [-0.2, -0.15) is 0 Å². The first kappa shape index (κ1) is 16.1. The van der Waals surface area contributed by atoms with E-state index in [1.165, 1.54) is 24.2 Å². The summed E-state index contributed by atoms with van der Waals surface area (Å²) in [5, 5.41) is 0. The molecule has 0 amide bonds. The zero-order valence-electron chi connectivity index (χ0n) is 13.1. The van der Waals surface area contributed by atoms with Gasteiger partial charge in [0.1, 0.15) is 5.82 Å². The van der Waals surface area contributed by atoms with Crippen LogP contribution in [0.2, 0.25) is 0 Å². The zero-order chi connectivity index (χ0) is 14.1. The van der Waals surface area contributed by atoms with Crippen molar-refractivity contribution in [2.45, 2.75) is 40.5 Å². The maximum atomic E-state index is 5.47. The van der Waals surface area contributed by atoms with Gasteiger partial charge in [-0.3, -0.25) is 0 Å². The highest BCUT2D eigenvalue weighted by Gasteiger charge is 2.17. The molecule has 0 saturated carbocycles. The second-order valence-corrected chi connectivity index (χ2v) is 5.36. The fourth-order valence-corrected chi connectivity index (χ4v) is 2.33. The molecule has 1 rings (SSSR count). The van der Waals surface area contributed by atoms with Crippen molar-refractivity contribution in [1.29, 1.82) is 0 Å². The second kappa shape index (κ2) is 9.03. The van der Waals surface area contributed by atoms with Crippen molar-refractivity contribution in [3.63, 3.8) is 0 Å². The molecule has 0 spiro atoms. The molecule has 0 bridgehead atoms. The van der Waals surface area contributed by atoms with Gasteiger partial charge < -0.3 is 14.5 Å². The van der Waals surface area contributed by atoms with Gasteiger partial charge in [-0.1, -0.05) is 25.5 Å². The smallest absolute Gasteiger partial charge is 0.104 e. The van der Waals surface area contributed by atoms with Crippen LogP contribution in [-0.4, -0.2) is 49.2 Å². The van der Waals surface area contributed by atoms with E-state index in [9.17, 15) is 0 Å². The molecule has 1 aliphatic rings. The van der Waals surface area contributed by atoms with Crippen LogP contribution in [0.1, 0.15) is 40.5 Å². The van der Waals surface area contributed by atoms with Crippen molar-refractivity contribution in [2.75, 3.05) is 39.4 Å². The molecule has 110 valence electrons. The van der Waals surface area contributed by atoms with Gasteiger partial charge in [0.2, 0.25) is 0 Å². The molecule has 1 saturated heterocycles. The Kier molecular flexibility index (Phi) is 7.65. The van der Waals surface area contributed by atoms with E-state index >= 15 is 0 Å². The maximum Gasteiger partial charge on any atom is 0.104 e. The highest BCUT2D eigenvalue weighted by Crippen LogP contribution is 2.15. The summed E-state index contributed by atoms with van der Waals surface area (Å²) >= 11 is 0. The summed E-state index contributed by atoms with van der Waals surface area (Å²) in [5.74, 6) is 1.37. The first-order valence-corrected chi connectivity index (χ1v) is 7.61. The third kappa shape index (κ3) is 5.68. The molecule has 0 aromatic carbocycles. The molecule has 0 radical (unpaired) electrons. The number of hydrogen-bond acceptors (Lipinski definition) is 3. The van der Waals surface area contributed by atoms with Crippen molar-refractivity contribution in [2.24, 2.45) is 0 Å². The van der Waals surface area contributed by atoms with E-state index in [4.69, 9.17) is 4.74 Å². The minimum absolute atomic E-state index is 0.845.